The number of carbonyl (C=O) groups is 1. The molecule has 0 bridgehead atoms. The average Bonchev–Trinajstić information content (AvgIpc) is 2.55. The van der Waals surface area contributed by atoms with Crippen LogP contribution in [0.2, 0.25) is 0 Å². The number of carbonyl (C=O) groups excluding carboxylic acids is 1. The van der Waals surface area contributed by atoms with Crippen LogP contribution >= 0.6 is 0 Å². The monoisotopic (exact) mass is 326 g/mol. The van der Waals surface area contributed by atoms with E-state index in [-0.39, 0.29) is 11.5 Å². The number of aromatic nitrogens is 2. The van der Waals surface area contributed by atoms with Gasteiger partial charge >= 0.3 is 0 Å². The summed E-state index contributed by atoms with van der Waals surface area (Å²) in [5.74, 6) is -0.971. The van der Waals surface area contributed by atoms with E-state index in [1.807, 2.05) is 0 Å². The first-order chi connectivity index (χ1) is 11.6. The summed E-state index contributed by atoms with van der Waals surface area (Å²) in [5, 5.41) is 13.1. The van der Waals surface area contributed by atoms with Gasteiger partial charge in [0.05, 0.1) is 0 Å². The molecule has 0 saturated heterocycles. The van der Waals surface area contributed by atoms with Gasteiger partial charge < -0.3 is 10.6 Å². The molecular formula is C17H12F2N4O. The molecule has 2 aromatic carbocycles. The molecule has 1 heterocycles. The number of nitrogens with zero attached hydrogens (tertiary/aromatic N) is 2. The van der Waals surface area contributed by atoms with Crippen molar-refractivity contribution >= 4 is 23.1 Å². The fraction of sp³-hybridized carbons (Fsp3) is 0. The van der Waals surface area contributed by atoms with Gasteiger partial charge in [0.1, 0.15) is 11.6 Å². The van der Waals surface area contributed by atoms with Crippen LogP contribution in [0, 0.1) is 11.6 Å². The van der Waals surface area contributed by atoms with Crippen molar-refractivity contribution in [3.05, 3.63) is 78.0 Å². The third kappa shape index (κ3) is 3.89. The number of nitrogens with one attached hydrogen (secondary N) is 2. The van der Waals surface area contributed by atoms with Crippen LogP contribution in [0.1, 0.15) is 10.5 Å². The lowest BCUT2D eigenvalue weighted by Gasteiger charge is -2.06. The normalized spacial score (nSPS) is 10.2. The lowest BCUT2D eigenvalue weighted by Crippen LogP contribution is -2.14. The van der Waals surface area contributed by atoms with Gasteiger partial charge in [-0.05, 0) is 48.5 Å². The predicted octanol–water partition coefficient (Wildman–Crippen LogP) is 3.75. The van der Waals surface area contributed by atoms with Crippen molar-refractivity contribution in [1.82, 2.24) is 10.2 Å². The summed E-state index contributed by atoms with van der Waals surface area (Å²) in [6.45, 7) is 0. The molecule has 24 heavy (non-hydrogen) atoms. The Balaban J connectivity index is 1.68. The fourth-order valence-electron chi connectivity index (χ4n) is 2.00. The third-order valence-corrected chi connectivity index (χ3v) is 3.08. The minimum Gasteiger partial charge on any atom is -0.339 e. The van der Waals surface area contributed by atoms with E-state index in [1.165, 1.54) is 36.4 Å². The highest BCUT2D eigenvalue weighted by Crippen LogP contribution is 2.15. The van der Waals surface area contributed by atoms with Crippen LogP contribution in [0.15, 0.2) is 60.7 Å². The van der Waals surface area contributed by atoms with Gasteiger partial charge in [-0.25, -0.2) is 8.78 Å². The predicted molar refractivity (Wildman–Crippen MR) is 86.1 cm³/mol. The Morgan fingerprint density at radius 3 is 2.12 bits per heavy atom. The number of hydrogen-bond donors (Lipinski definition) is 2. The van der Waals surface area contributed by atoms with Crippen molar-refractivity contribution in [3.63, 3.8) is 0 Å². The van der Waals surface area contributed by atoms with Gasteiger partial charge in [-0.3, -0.25) is 4.79 Å². The lowest BCUT2D eigenvalue weighted by atomic mass is 10.3. The molecule has 120 valence electrons. The number of amides is 1. The van der Waals surface area contributed by atoms with Crippen LogP contribution in [0.4, 0.5) is 26.0 Å². The first-order valence-corrected chi connectivity index (χ1v) is 7.03. The van der Waals surface area contributed by atoms with E-state index in [0.717, 1.165) is 0 Å². The van der Waals surface area contributed by atoms with Gasteiger partial charge in [0, 0.05) is 11.4 Å². The molecule has 3 rings (SSSR count). The summed E-state index contributed by atoms with van der Waals surface area (Å²) in [5.41, 5.74) is 0.911. The van der Waals surface area contributed by atoms with Crippen LogP contribution in [0.25, 0.3) is 0 Å². The Hall–Kier alpha value is -3.35. The smallest absolute Gasteiger partial charge is 0.276 e. The van der Waals surface area contributed by atoms with E-state index < -0.39 is 11.7 Å². The molecule has 0 spiro atoms. The number of rotatable bonds is 4. The molecule has 0 atom stereocenters. The maximum atomic E-state index is 13.1. The zero-order valence-electron chi connectivity index (χ0n) is 12.3. The topological polar surface area (TPSA) is 66.9 Å². The lowest BCUT2D eigenvalue weighted by molar-refractivity contribution is 0.102. The summed E-state index contributed by atoms with van der Waals surface area (Å²) in [6.07, 6.45) is 0. The summed E-state index contributed by atoms with van der Waals surface area (Å²) < 4.78 is 26.2. The van der Waals surface area contributed by atoms with Gasteiger partial charge in [0.15, 0.2) is 11.5 Å². The zero-order chi connectivity index (χ0) is 16.9. The van der Waals surface area contributed by atoms with E-state index in [9.17, 15) is 13.6 Å². The molecule has 5 nitrogen and oxygen atoms in total. The largest absolute Gasteiger partial charge is 0.339 e. The molecule has 3 aromatic rings. The van der Waals surface area contributed by atoms with Gasteiger partial charge in [0.25, 0.3) is 5.91 Å². The molecule has 1 amide bonds. The number of anilines is 3. The number of halogens is 2. The first kappa shape index (κ1) is 15.5. The van der Waals surface area contributed by atoms with Gasteiger partial charge in [-0.2, -0.15) is 0 Å². The van der Waals surface area contributed by atoms with Crippen molar-refractivity contribution in [2.45, 2.75) is 0 Å². The molecule has 0 aliphatic carbocycles. The van der Waals surface area contributed by atoms with E-state index in [0.29, 0.717) is 17.2 Å². The molecule has 0 radical (unpaired) electrons. The Labute approximate surface area is 136 Å². The number of benzene rings is 2. The Kier molecular flexibility index (Phi) is 4.42. The second-order valence-corrected chi connectivity index (χ2v) is 4.90. The van der Waals surface area contributed by atoms with Crippen LogP contribution in [0.3, 0.4) is 0 Å². The minimum absolute atomic E-state index is 0.0732. The minimum atomic E-state index is -0.509. The zero-order valence-corrected chi connectivity index (χ0v) is 12.3. The highest BCUT2D eigenvalue weighted by molar-refractivity contribution is 6.02. The van der Waals surface area contributed by atoms with Crippen molar-refractivity contribution in [1.29, 1.82) is 0 Å². The van der Waals surface area contributed by atoms with E-state index in [2.05, 4.69) is 20.8 Å². The van der Waals surface area contributed by atoms with E-state index in [1.54, 1.807) is 24.3 Å². The highest BCUT2D eigenvalue weighted by Gasteiger charge is 2.09. The average molecular weight is 326 g/mol. The summed E-state index contributed by atoms with van der Waals surface area (Å²) >= 11 is 0. The molecule has 0 aliphatic rings. The van der Waals surface area contributed by atoms with Gasteiger partial charge in [-0.1, -0.05) is 12.1 Å². The summed E-state index contributed by atoms with van der Waals surface area (Å²) in [7, 11) is 0. The van der Waals surface area contributed by atoms with Crippen molar-refractivity contribution in [2.75, 3.05) is 10.6 Å². The van der Waals surface area contributed by atoms with Crippen LogP contribution in [-0.4, -0.2) is 16.1 Å². The van der Waals surface area contributed by atoms with E-state index >= 15 is 0 Å². The van der Waals surface area contributed by atoms with Crippen LogP contribution < -0.4 is 10.6 Å². The van der Waals surface area contributed by atoms with E-state index in [4.69, 9.17) is 0 Å². The second-order valence-electron chi connectivity index (χ2n) is 4.90. The third-order valence-electron chi connectivity index (χ3n) is 3.08. The fourth-order valence-corrected chi connectivity index (χ4v) is 2.00. The molecule has 2 N–H and O–H groups in total. The van der Waals surface area contributed by atoms with Crippen LogP contribution in [-0.2, 0) is 0 Å². The molecule has 0 saturated carbocycles. The second kappa shape index (κ2) is 6.82. The quantitative estimate of drug-likeness (QED) is 0.766. The molecule has 0 unspecified atom stereocenters. The molecule has 0 fully saturated rings. The standard InChI is InChI=1S/C17H12F2N4O/c18-11-3-1-5-13(9-11)20-16-8-7-15(22-23-16)17(24)21-14-6-2-4-12(19)10-14/h1-10H,(H,20,23)(H,21,24). The van der Waals surface area contributed by atoms with Crippen molar-refractivity contribution < 1.29 is 13.6 Å². The highest BCUT2D eigenvalue weighted by atomic mass is 19.1. The van der Waals surface area contributed by atoms with Crippen LogP contribution in [0.5, 0.6) is 0 Å². The molecular weight excluding hydrogens is 314 g/mol. The number of hydrogen-bond acceptors (Lipinski definition) is 4. The SMILES string of the molecule is O=C(Nc1cccc(F)c1)c1ccc(Nc2cccc(F)c2)nn1. The van der Waals surface area contributed by atoms with Crippen molar-refractivity contribution in [2.24, 2.45) is 0 Å². The van der Waals surface area contributed by atoms with Crippen molar-refractivity contribution in [3.8, 4) is 0 Å². The maximum absolute atomic E-state index is 13.1. The Morgan fingerprint density at radius 1 is 0.833 bits per heavy atom. The van der Waals surface area contributed by atoms with Gasteiger partial charge in [-0.15, -0.1) is 10.2 Å². The first-order valence-electron chi connectivity index (χ1n) is 7.03. The van der Waals surface area contributed by atoms with Gasteiger partial charge in [0.2, 0.25) is 0 Å². The Morgan fingerprint density at radius 2 is 1.50 bits per heavy atom. The summed E-state index contributed by atoms with van der Waals surface area (Å²) in [6, 6.07) is 14.4. The molecule has 1 aromatic heterocycles. The molecule has 7 heteroatoms. The summed E-state index contributed by atoms with van der Waals surface area (Å²) in [4.78, 5) is 12.0. The maximum Gasteiger partial charge on any atom is 0.276 e. The Bertz CT molecular complexity index is 868. The molecule has 0 aliphatic heterocycles.